The van der Waals surface area contributed by atoms with Crippen LogP contribution in [0.15, 0.2) is 0 Å². The largest absolute Gasteiger partial charge is 0.394 e. The van der Waals surface area contributed by atoms with Crippen LogP contribution in [-0.2, 0) is 33.2 Å². The molecule has 15 atom stereocenters. The summed E-state index contributed by atoms with van der Waals surface area (Å²) >= 11 is 0. The molecule has 6 unspecified atom stereocenters. The lowest BCUT2D eigenvalue weighted by molar-refractivity contribution is -0.379. The van der Waals surface area contributed by atoms with Crippen molar-refractivity contribution in [3.8, 4) is 0 Å². The number of rotatable bonds is 9. The molecule has 212 valence electrons. The van der Waals surface area contributed by atoms with Crippen molar-refractivity contribution in [3.05, 3.63) is 0 Å². The van der Waals surface area contributed by atoms with E-state index in [1.807, 2.05) is 0 Å². The Hall–Kier alpha value is -0.640. The molecule has 0 bridgehead atoms. The van der Waals surface area contributed by atoms with Gasteiger partial charge in [-0.2, -0.15) is 0 Å². The van der Waals surface area contributed by atoms with Gasteiger partial charge < -0.3 is 79.1 Å². The third kappa shape index (κ3) is 5.84. The molecule has 0 amide bonds. The third-order valence-electron chi connectivity index (χ3n) is 6.55. The molecule has 0 aromatic carbocycles. The zero-order valence-electron chi connectivity index (χ0n) is 19.7. The molecule has 3 saturated heterocycles. The maximum atomic E-state index is 10.7. The van der Waals surface area contributed by atoms with Crippen molar-refractivity contribution in [1.29, 1.82) is 0 Å². The minimum absolute atomic E-state index is 0.596. The zero-order valence-corrected chi connectivity index (χ0v) is 19.7. The van der Waals surface area contributed by atoms with Crippen molar-refractivity contribution < 1.29 is 79.1 Å². The van der Waals surface area contributed by atoms with E-state index in [-0.39, 0.29) is 0 Å². The van der Waals surface area contributed by atoms with Crippen LogP contribution in [0.2, 0.25) is 0 Å². The first-order valence-electron chi connectivity index (χ1n) is 11.4. The van der Waals surface area contributed by atoms with Crippen LogP contribution in [0, 0.1) is 0 Å². The molecule has 3 fully saturated rings. The molecule has 0 spiro atoms. The molecule has 36 heavy (non-hydrogen) atoms. The van der Waals surface area contributed by atoms with E-state index in [0.29, 0.717) is 0 Å². The summed E-state index contributed by atoms with van der Waals surface area (Å²) in [6.45, 7) is -2.03. The number of aliphatic hydroxyl groups is 9. The second kappa shape index (κ2) is 12.9. The van der Waals surface area contributed by atoms with Crippen LogP contribution in [-0.4, -0.2) is 172 Å². The second-order valence-corrected chi connectivity index (χ2v) is 8.76. The van der Waals surface area contributed by atoms with Gasteiger partial charge in [0.1, 0.15) is 73.2 Å². The van der Waals surface area contributed by atoms with Crippen molar-refractivity contribution in [2.75, 3.05) is 34.0 Å². The van der Waals surface area contributed by atoms with E-state index in [0.717, 1.165) is 0 Å². The third-order valence-corrected chi connectivity index (χ3v) is 6.55. The highest BCUT2D eigenvalue weighted by atomic mass is 16.8. The number of aliphatic hydroxyl groups excluding tert-OH is 9. The highest BCUT2D eigenvalue weighted by molar-refractivity contribution is 4.96. The van der Waals surface area contributed by atoms with Gasteiger partial charge in [-0.3, -0.25) is 0 Å². The molecule has 0 aromatic heterocycles. The van der Waals surface area contributed by atoms with E-state index in [1.165, 1.54) is 14.2 Å². The van der Waals surface area contributed by atoms with Gasteiger partial charge >= 0.3 is 0 Å². The molecule has 3 aliphatic heterocycles. The molecule has 0 saturated carbocycles. The van der Waals surface area contributed by atoms with Gasteiger partial charge in [0, 0.05) is 14.2 Å². The van der Waals surface area contributed by atoms with Crippen LogP contribution in [0.5, 0.6) is 0 Å². The molecule has 16 nitrogen and oxygen atoms in total. The molecular weight excluding hydrogens is 496 g/mol. The summed E-state index contributed by atoms with van der Waals surface area (Å²) in [5.74, 6) is 0. The van der Waals surface area contributed by atoms with Gasteiger partial charge in [0.15, 0.2) is 18.9 Å². The summed E-state index contributed by atoms with van der Waals surface area (Å²) in [6.07, 6.45) is -22.4. The van der Waals surface area contributed by atoms with E-state index in [9.17, 15) is 46.0 Å². The number of hydrogen-bond acceptors (Lipinski definition) is 16. The van der Waals surface area contributed by atoms with Crippen LogP contribution in [0.1, 0.15) is 0 Å². The fourth-order valence-electron chi connectivity index (χ4n) is 4.51. The van der Waals surface area contributed by atoms with Crippen LogP contribution in [0.25, 0.3) is 0 Å². The molecule has 0 radical (unpaired) electrons. The Morgan fingerprint density at radius 2 is 0.806 bits per heavy atom. The Morgan fingerprint density at radius 3 is 1.17 bits per heavy atom. The van der Waals surface area contributed by atoms with Gasteiger partial charge in [0.2, 0.25) is 0 Å². The van der Waals surface area contributed by atoms with Gasteiger partial charge in [-0.1, -0.05) is 0 Å². The summed E-state index contributed by atoms with van der Waals surface area (Å²) in [7, 11) is 2.46. The molecule has 0 aromatic rings. The molecule has 3 heterocycles. The first kappa shape index (κ1) is 29.9. The van der Waals surface area contributed by atoms with Crippen molar-refractivity contribution in [2.45, 2.75) is 92.1 Å². The topological polar surface area (TPSA) is 247 Å². The van der Waals surface area contributed by atoms with E-state index in [4.69, 9.17) is 33.2 Å². The minimum atomic E-state index is -1.85. The highest BCUT2D eigenvalue weighted by Gasteiger charge is 2.53. The predicted octanol–water partition coefficient (Wildman–Crippen LogP) is -6.26. The normalized spacial score (nSPS) is 50.2. The van der Waals surface area contributed by atoms with Crippen LogP contribution >= 0.6 is 0 Å². The van der Waals surface area contributed by atoms with Gasteiger partial charge in [0.25, 0.3) is 0 Å². The fraction of sp³-hybridized carbons (Fsp3) is 1.00. The lowest BCUT2D eigenvalue weighted by Crippen LogP contribution is -2.66. The van der Waals surface area contributed by atoms with E-state index < -0.39 is 112 Å². The minimum Gasteiger partial charge on any atom is -0.394 e. The molecule has 16 heteroatoms. The monoisotopic (exact) mass is 532 g/mol. The average Bonchev–Trinajstić information content (AvgIpc) is 2.88. The number of ether oxygens (including phenoxy) is 7. The fourth-order valence-corrected chi connectivity index (χ4v) is 4.51. The van der Waals surface area contributed by atoms with Crippen molar-refractivity contribution in [3.63, 3.8) is 0 Å². The first-order chi connectivity index (χ1) is 17.1. The van der Waals surface area contributed by atoms with Crippen LogP contribution in [0.3, 0.4) is 0 Å². The van der Waals surface area contributed by atoms with Gasteiger partial charge in [-0.25, -0.2) is 0 Å². The molecule has 9 N–H and O–H groups in total. The van der Waals surface area contributed by atoms with Crippen LogP contribution < -0.4 is 0 Å². The molecule has 3 rings (SSSR count). The Labute approximate surface area is 206 Å². The second-order valence-electron chi connectivity index (χ2n) is 8.76. The maximum absolute atomic E-state index is 10.7. The molecule has 0 aliphatic carbocycles. The quantitative estimate of drug-likeness (QED) is 0.134. The van der Waals surface area contributed by atoms with Crippen LogP contribution in [0.4, 0.5) is 0 Å². The highest BCUT2D eigenvalue weighted by Crippen LogP contribution is 2.32. The predicted molar refractivity (Wildman–Crippen MR) is 111 cm³/mol. The standard InChI is InChI=1S/C20H36O16/c1-30-15-6(3-21)33-19(13(28)9(15)24)36-17-8(5-23)34-20(14(29)11(17)26)35-16-7(4-22)32-18(31-2)12(27)10(16)25/h6-29H,3-5H2,1-2H3/t6?,7?,8?,9-,10-,11-,12?,13?,14?,15+,16+,17+,18-,19+,20+/m0/s1. The van der Waals surface area contributed by atoms with Crippen molar-refractivity contribution in [1.82, 2.24) is 0 Å². The summed E-state index contributed by atoms with van der Waals surface area (Å²) in [5, 5.41) is 91.6. The Balaban J connectivity index is 1.72. The maximum Gasteiger partial charge on any atom is 0.187 e. The summed E-state index contributed by atoms with van der Waals surface area (Å²) in [6, 6.07) is 0. The summed E-state index contributed by atoms with van der Waals surface area (Å²) in [4.78, 5) is 0. The van der Waals surface area contributed by atoms with Gasteiger partial charge in [-0.05, 0) is 0 Å². The lowest BCUT2D eigenvalue weighted by Gasteiger charge is -2.48. The zero-order chi connectivity index (χ0) is 26.7. The van der Waals surface area contributed by atoms with E-state index in [1.54, 1.807) is 0 Å². The van der Waals surface area contributed by atoms with Gasteiger partial charge in [0.05, 0.1) is 19.8 Å². The Bertz CT molecular complexity index is 666. The number of methoxy groups -OCH3 is 2. The van der Waals surface area contributed by atoms with Crippen molar-refractivity contribution >= 4 is 0 Å². The molecule has 3 aliphatic rings. The average molecular weight is 532 g/mol. The smallest absolute Gasteiger partial charge is 0.187 e. The van der Waals surface area contributed by atoms with Crippen molar-refractivity contribution in [2.24, 2.45) is 0 Å². The van der Waals surface area contributed by atoms with Gasteiger partial charge in [-0.15, -0.1) is 0 Å². The lowest BCUT2D eigenvalue weighted by atomic mass is 9.96. The molecular formula is C20H36O16. The Kier molecular flexibility index (Phi) is 10.8. The first-order valence-corrected chi connectivity index (χ1v) is 11.4. The number of hydrogen-bond donors (Lipinski definition) is 9. The summed E-state index contributed by atoms with van der Waals surface area (Å²) in [5.41, 5.74) is 0. The van der Waals surface area contributed by atoms with E-state index >= 15 is 0 Å². The van der Waals surface area contributed by atoms with E-state index in [2.05, 4.69) is 0 Å². The SMILES string of the molecule is CO[C@H]1OC(CO)[C@@H](O[C@H]2OC(CO)[C@@H](O[C@H]3OC(CO)[C@@H](OC)[C@@H](O)C3O)[C@@H](O)C2O)[C@@H](O)C1O. The Morgan fingerprint density at radius 1 is 0.472 bits per heavy atom. The summed E-state index contributed by atoms with van der Waals surface area (Å²) < 4.78 is 37.3.